The van der Waals surface area contributed by atoms with E-state index >= 15 is 0 Å². The molecule has 52 heavy (non-hydrogen) atoms. The van der Waals surface area contributed by atoms with E-state index in [0.717, 1.165) is 24.0 Å². The van der Waals surface area contributed by atoms with E-state index < -0.39 is 12.1 Å². The molecular weight excluding hydrogens is 660 g/mol. The highest BCUT2D eigenvalue weighted by atomic mass is 16.2. The minimum Gasteiger partial charge on any atom is -0.327 e. The summed E-state index contributed by atoms with van der Waals surface area (Å²) in [6.45, 7) is 0.954. The molecule has 4 aromatic rings. The van der Waals surface area contributed by atoms with Crippen molar-refractivity contribution in [2.75, 3.05) is 23.7 Å². The summed E-state index contributed by atoms with van der Waals surface area (Å²) >= 11 is 0. The summed E-state index contributed by atoms with van der Waals surface area (Å²) in [5.74, 6) is -1.00. The Morgan fingerprint density at radius 3 is 1.29 bits per heavy atom. The Balaban J connectivity index is 1.00. The van der Waals surface area contributed by atoms with Crippen molar-refractivity contribution in [3.63, 3.8) is 0 Å². The molecule has 2 aliphatic heterocycles. The van der Waals surface area contributed by atoms with E-state index in [9.17, 15) is 19.2 Å². The van der Waals surface area contributed by atoms with Crippen LogP contribution in [0.5, 0.6) is 0 Å². The van der Waals surface area contributed by atoms with Crippen LogP contribution >= 0.6 is 0 Å². The fraction of sp³-hybridized carbons (Fsp3) is 0.211. The maximum atomic E-state index is 13.2. The van der Waals surface area contributed by atoms with E-state index in [-0.39, 0.29) is 23.6 Å². The van der Waals surface area contributed by atoms with Gasteiger partial charge in [0.25, 0.3) is 11.8 Å². The second-order valence-electron chi connectivity index (χ2n) is 12.3. The standard InChI is InChI=1S/C38H34N10O4/c39-45-43-31-19-11-27(12-20-31)37(51)47-23-1-3-33(47)35(49)41-29-15-7-25(8-16-29)5-6-26-9-17-30(18-10-26)42-36(50)34-4-2-24-48(34)38(52)28-13-21-32(22-14-28)44-46-40/h5-22,33-34H,1-4,23-24H2,(H,41,49)(H,42,50)/b6-5+/t33-,34-/m0/s1. The molecule has 0 unspecified atom stereocenters. The summed E-state index contributed by atoms with van der Waals surface area (Å²) in [6.07, 6.45) is 6.43. The lowest BCUT2D eigenvalue weighted by molar-refractivity contribution is -0.120. The molecule has 2 aliphatic rings. The van der Waals surface area contributed by atoms with E-state index in [1.54, 1.807) is 82.6 Å². The maximum absolute atomic E-state index is 13.2. The van der Waals surface area contributed by atoms with Crippen LogP contribution in [0.15, 0.2) is 107 Å². The zero-order valence-electron chi connectivity index (χ0n) is 28.0. The topological polar surface area (TPSA) is 196 Å². The van der Waals surface area contributed by atoms with Crippen LogP contribution < -0.4 is 10.6 Å². The monoisotopic (exact) mass is 694 g/mol. The van der Waals surface area contributed by atoms with Crippen molar-refractivity contribution in [1.82, 2.24) is 9.80 Å². The molecule has 14 nitrogen and oxygen atoms in total. The fourth-order valence-electron chi connectivity index (χ4n) is 6.34. The summed E-state index contributed by atoms with van der Waals surface area (Å²) < 4.78 is 0. The number of rotatable bonds is 10. The van der Waals surface area contributed by atoms with Gasteiger partial charge >= 0.3 is 0 Å². The van der Waals surface area contributed by atoms with Gasteiger partial charge in [-0.15, -0.1) is 0 Å². The van der Waals surface area contributed by atoms with Gasteiger partial charge in [-0.1, -0.05) is 70.9 Å². The number of nitrogens with zero attached hydrogens (tertiary/aromatic N) is 8. The van der Waals surface area contributed by atoms with Crippen molar-refractivity contribution in [3.05, 3.63) is 140 Å². The predicted molar refractivity (Wildman–Crippen MR) is 198 cm³/mol. The minimum atomic E-state index is -0.591. The van der Waals surface area contributed by atoms with Crippen molar-refractivity contribution in [2.45, 2.75) is 37.8 Å². The molecule has 4 aromatic carbocycles. The third kappa shape index (κ3) is 8.28. The molecule has 0 saturated carbocycles. The molecular formula is C38H34N10O4. The van der Waals surface area contributed by atoms with Crippen LogP contribution in [0.2, 0.25) is 0 Å². The van der Waals surface area contributed by atoms with Crippen LogP contribution in [0.25, 0.3) is 33.0 Å². The first kappa shape index (κ1) is 35.0. The summed E-state index contributed by atoms with van der Waals surface area (Å²) in [5, 5.41) is 12.9. The normalized spacial score (nSPS) is 16.5. The molecule has 2 atom stereocenters. The van der Waals surface area contributed by atoms with E-state index in [1.165, 1.54) is 0 Å². The quantitative estimate of drug-likeness (QED) is 0.0730. The van der Waals surface area contributed by atoms with Crippen LogP contribution in [-0.4, -0.2) is 58.6 Å². The Morgan fingerprint density at radius 2 is 0.942 bits per heavy atom. The van der Waals surface area contributed by atoms with Crippen molar-refractivity contribution in [1.29, 1.82) is 0 Å². The summed E-state index contributed by atoms with van der Waals surface area (Å²) in [4.78, 5) is 61.2. The van der Waals surface area contributed by atoms with Crippen LogP contribution in [0.1, 0.15) is 57.5 Å². The lowest BCUT2D eigenvalue weighted by Crippen LogP contribution is -2.43. The highest BCUT2D eigenvalue weighted by Crippen LogP contribution is 2.25. The lowest BCUT2D eigenvalue weighted by Gasteiger charge is -2.24. The number of likely N-dealkylation sites (tertiary alicyclic amines) is 2. The molecule has 14 heteroatoms. The second kappa shape index (κ2) is 16.2. The van der Waals surface area contributed by atoms with Crippen LogP contribution in [-0.2, 0) is 9.59 Å². The van der Waals surface area contributed by atoms with Gasteiger partial charge in [-0.2, -0.15) is 0 Å². The molecule has 0 aliphatic carbocycles. The molecule has 2 fully saturated rings. The average molecular weight is 695 g/mol. The largest absolute Gasteiger partial charge is 0.327 e. The van der Waals surface area contributed by atoms with Crippen molar-refractivity contribution < 1.29 is 19.2 Å². The fourth-order valence-corrected chi connectivity index (χ4v) is 6.34. The molecule has 0 spiro atoms. The number of hydrogen-bond donors (Lipinski definition) is 2. The Labute approximate surface area is 299 Å². The molecule has 0 radical (unpaired) electrons. The first-order valence-corrected chi connectivity index (χ1v) is 16.7. The molecule has 2 heterocycles. The van der Waals surface area contributed by atoms with Gasteiger partial charge < -0.3 is 20.4 Å². The Morgan fingerprint density at radius 1 is 0.577 bits per heavy atom. The second-order valence-corrected chi connectivity index (χ2v) is 12.3. The molecule has 4 amide bonds. The number of anilines is 2. The predicted octanol–water partition coefficient (Wildman–Crippen LogP) is 8.23. The Bertz CT molecular complexity index is 1930. The number of azide groups is 2. The van der Waals surface area contributed by atoms with E-state index in [1.807, 2.05) is 36.4 Å². The number of carbonyl (C=O) groups excluding carboxylic acids is 4. The Hall–Kier alpha value is -6.88. The van der Waals surface area contributed by atoms with E-state index in [0.29, 0.717) is 59.8 Å². The zero-order valence-corrected chi connectivity index (χ0v) is 28.0. The Kier molecular flexibility index (Phi) is 10.9. The average Bonchev–Trinajstić information content (AvgIpc) is 3.87. The molecule has 0 aromatic heterocycles. The number of amides is 4. The first-order valence-electron chi connectivity index (χ1n) is 16.7. The van der Waals surface area contributed by atoms with Gasteiger partial charge in [0, 0.05) is 56.8 Å². The smallest absolute Gasteiger partial charge is 0.254 e. The molecule has 2 N–H and O–H groups in total. The van der Waals surface area contributed by atoms with Gasteiger partial charge in [0.1, 0.15) is 12.1 Å². The summed E-state index contributed by atoms with van der Waals surface area (Å²) in [7, 11) is 0. The van der Waals surface area contributed by atoms with Crippen LogP contribution in [0.4, 0.5) is 22.7 Å². The first-order chi connectivity index (χ1) is 25.3. The van der Waals surface area contributed by atoms with Gasteiger partial charge in [-0.3, -0.25) is 19.2 Å². The summed E-state index contributed by atoms with van der Waals surface area (Å²) in [5.41, 5.74) is 21.9. The van der Waals surface area contributed by atoms with Crippen molar-refractivity contribution >= 4 is 58.5 Å². The molecule has 6 rings (SSSR count). The number of hydrogen-bond acceptors (Lipinski definition) is 6. The van der Waals surface area contributed by atoms with Gasteiger partial charge in [-0.25, -0.2) is 0 Å². The zero-order chi connectivity index (χ0) is 36.5. The van der Waals surface area contributed by atoms with Gasteiger partial charge in [0.15, 0.2) is 0 Å². The summed E-state index contributed by atoms with van der Waals surface area (Å²) in [6, 6.07) is 26.2. The third-order valence-corrected chi connectivity index (χ3v) is 9.01. The van der Waals surface area contributed by atoms with Crippen molar-refractivity contribution in [3.8, 4) is 0 Å². The molecule has 2 saturated heterocycles. The highest BCUT2D eigenvalue weighted by molar-refractivity contribution is 6.02. The van der Waals surface area contributed by atoms with Gasteiger partial charge in [0.05, 0.1) is 0 Å². The van der Waals surface area contributed by atoms with Crippen LogP contribution in [0.3, 0.4) is 0 Å². The number of nitrogens with one attached hydrogen (secondary N) is 2. The lowest BCUT2D eigenvalue weighted by atomic mass is 10.1. The SMILES string of the molecule is [N-]=[N+]=Nc1ccc(C(=O)N2CCC[C@H]2C(=O)Nc2ccc(/C=C/c3ccc(NC(=O)[C@@H]4CCCN4C(=O)c4ccc(N=[N+]=[N-])cc4)cc3)cc2)cc1. The van der Waals surface area contributed by atoms with E-state index in [4.69, 9.17) is 11.1 Å². The highest BCUT2D eigenvalue weighted by Gasteiger charge is 2.35. The molecule has 260 valence electrons. The minimum absolute atomic E-state index is 0.249. The third-order valence-electron chi connectivity index (χ3n) is 9.01. The van der Waals surface area contributed by atoms with Gasteiger partial charge in [-0.05, 0) is 96.4 Å². The van der Waals surface area contributed by atoms with E-state index in [2.05, 4.69) is 30.7 Å². The molecule has 0 bridgehead atoms. The van der Waals surface area contributed by atoms with Gasteiger partial charge in [0.2, 0.25) is 11.8 Å². The number of carbonyl (C=O) groups is 4. The van der Waals surface area contributed by atoms with Crippen LogP contribution in [0, 0.1) is 0 Å². The maximum Gasteiger partial charge on any atom is 0.254 e. The van der Waals surface area contributed by atoms with Crippen molar-refractivity contribution in [2.24, 2.45) is 10.2 Å². The number of benzene rings is 4.